The molecule has 0 aliphatic carbocycles. The molecule has 2 N–H and O–H groups in total. The first kappa shape index (κ1) is 18.5. The number of benzene rings is 1. The van der Waals surface area contributed by atoms with E-state index in [1.165, 1.54) is 26.6 Å². The fourth-order valence-corrected chi connectivity index (χ4v) is 2.43. The molecule has 140 valence electrons. The van der Waals surface area contributed by atoms with Gasteiger partial charge in [-0.2, -0.15) is 0 Å². The number of aromatic nitrogens is 3. The van der Waals surface area contributed by atoms with E-state index in [0.717, 1.165) is 0 Å². The molecule has 0 unspecified atom stereocenters. The summed E-state index contributed by atoms with van der Waals surface area (Å²) >= 11 is 6.09. The Morgan fingerprint density at radius 2 is 1.81 bits per heavy atom. The summed E-state index contributed by atoms with van der Waals surface area (Å²) in [6.45, 7) is 1.73. The molecule has 10 heteroatoms. The lowest BCUT2D eigenvalue weighted by atomic mass is 10.2. The monoisotopic (exact) mass is 389 g/mol. The molecule has 0 radical (unpaired) electrons. The Bertz CT molecular complexity index is 958. The Balaban J connectivity index is 1.75. The van der Waals surface area contributed by atoms with Crippen LogP contribution in [0.15, 0.2) is 35.1 Å². The van der Waals surface area contributed by atoms with Gasteiger partial charge in [0.15, 0.2) is 5.82 Å². The van der Waals surface area contributed by atoms with E-state index in [-0.39, 0.29) is 11.5 Å². The Labute approximate surface area is 159 Å². The highest BCUT2D eigenvalue weighted by Crippen LogP contribution is 2.36. The minimum absolute atomic E-state index is 0.266. The van der Waals surface area contributed by atoms with Crippen molar-refractivity contribution in [2.45, 2.75) is 6.92 Å². The van der Waals surface area contributed by atoms with E-state index < -0.39 is 5.91 Å². The van der Waals surface area contributed by atoms with Crippen LogP contribution < -0.4 is 20.1 Å². The number of nitrogens with zero attached hydrogens (tertiary/aromatic N) is 3. The molecule has 2 heterocycles. The predicted molar refractivity (Wildman–Crippen MR) is 99.1 cm³/mol. The first-order valence-electron chi connectivity index (χ1n) is 7.75. The highest BCUT2D eigenvalue weighted by Gasteiger charge is 2.13. The number of carbonyl (C=O) groups is 1. The van der Waals surface area contributed by atoms with Crippen LogP contribution in [0.4, 0.5) is 17.5 Å². The third kappa shape index (κ3) is 4.26. The van der Waals surface area contributed by atoms with Crippen molar-refractivity contribution in [3.8, 4) is 11.5 Å². The maximum absolute atomic E-state index is 12.2. The van der Waals surface area contributed by atoms with E-state index >= 15 is 0 Å². The van der Waals surface area contributed by atoms with Gasteiger partial charge in [-0.15, -0.1) is 0 Å². The Kier molecular flexibility index (Phi) is 5.41. The van der Waals surface area contributed by atoms with Crippen LogP contribution in [0.3, 0.4) is 0 Å². The zero-order chi connectivity index (χ0) is 19.4. The smallest absolute Gasteiger partial charge is 0.260 e. The molecule has 27 heavy (non-hydrogen) atoms. The van der Waals surface area contributed by atoms with E-state index in [1.807, 2.05) is 0 Å². The van der Waals surface area contributed by atoms with Gasteiger partial charge in [0, 0.05) is 30.6 Å². The Morgan fingerprint density at radius 3 is 2.41 bits per heavy atom. The molecule has 0 atom stereocenters. The number of methoxy groups -OCH3 is 2. The van der Waals surface area contributed by atoms with Gasteiger partial charge in [0.1, 0.15) is 17.3 Å². The van der Waals surface area contributed by atoms with Crippen molar-refractivity contribution in [3.05, 3.63) is 46.9 Å². The second-order valence-corrected chi connectivity index (χ2v) is 5.79. The Morgan fingerprint density at radius 1 is 1.11 bits per heavy atom. The lowest BCUT2D eigenvalue weighted by Crippen LogP contribution is -2.13. The topological polar surface area (TPSA) is 111 Å². The molecule has 1 amide bonds. The first-order valence-corrected chi connectivity index (χ1v) is 8.13. The van der Waals surface area contributed by atoms with Crippen LogP contribution in [0.2, 0.25) is 5.02 Å². The largest absolute Gasteiger partial charge is 0.495 e. The fraction of sp³-hybridized carbons (Fsp3) is 0.176. The summed E-state index contributed by atoms with van der Waals surface area (Å²) in [6.07, 6.45) is 2.77. The molecule has 0 saturated carbocycles. The lowest BCUT2D eigenvalue weighted by Gasteiger charge is -2.13. The van der Waals surface area contributed by atoms with E-state index in [2.05, 4.69) is 25.8 Å². The van der Waals surface area contributed by atoms with Gasteiger partial charge in [0.2, 0.25) is 5.95 Å². The zero-order valence-electron chi connectivity index (χ0n) is 14.7. The van der Waals surface area contributed by atoms with Crippen LogP contribution in [0.1, 0.15) is 16.1 Å². The number of rotatable bonds is 6. The number of hydrogen-bond donors (Lipinski definition) is 2. The average molecular weight is 390 g/mol. The summed E-state index contributed by atoms with van der Waals surface area (Å²) in [5.41, 5.74) is 0.830. The maximum Gasteiger partial charge on any atom is 0.260 e. The Hall–Kier alpha value is -3.33. The van der Waals surface area contributed by atoms with Gasteiger partial charge >= 0.3 is 0 Å². The molecule has 0 bridgehead atoms. The van der Waals surface area contributed by atoms with Crippen molar-refractivity contribution >= 4 is 35.0 Å². The molecule has 0 spiro atoms. The third-order valence-electron chi connectivity index (χ3n) is 3.50. The van der Waals surface area contributed by atoms with Crippen LogP contribution in [-0.4, -0.2) is 35.3 Å². The second-order valence-electron chi connectivity index (χ2n) is 5.38. The quantitative estimate of drug-likeness (QED) is 0.659. The third-order valence-corrected chi connectivity index (χ3v) is 3.80. The molecule has 0 aliphatic rings. The van der Waals surface area contributed by atoms with Crippen LogP contribution >= 0.6 is 11.6 Å². The molecule has 3 rings (SSSR count). The minimum atomic E-state index is -0.402. The van der Waals surface area contributed by atoms with E-state index in [1.54, 1.807) is 25.1 Å². The van der Waals surface area contributed by atoms with Gasteiger partial charge in [0.25, 0.3) is 5.91 Å². The predicted octanol–water partition coefficient (Wildman–Crippen LogP) is 3.44. The molecular weight excluding hydrogens is 374 g/mol. The highest BCUT2D eigenvalue weighted by molar-refractivity contribution is 6.32. The molecule has 2 aromatic heterocycles. The number of anilines is 3. The van der Waals surface area contributed by atoms with Crippen molar-refractivity contribution in [2.75, 3.05) is 24.9 Å². The van der Waals surface area contributed by atoms with Crippen molar-refractivity contribution in [3.63, 3.8) is 0 Å². The SMILES string of the molecule is COc1cc(Nc2ncc(C(=O)Nc3cc(C)on3)cn2)c(OC)cc1Cl. The number of hydrogen-bond acceptors (Lipinski definition) is 8. The van der Waals surface area contributed by atoms with Crippen LogP contribution in [0.25, 0.3) is 0 Å². The number of halogens is 1. The van der Waals surface area contributed by atoms with Crippen LogP contribution in [-0.2, 0) is 0 Å². The summed E-state index contributed by atoms with van der Waals surface area (Å²) in [6, 6.07) is 4.89. The van der Waals surface area contributed by atoms with Crippen molar-refractivity contribution in [1.29, 1.82) is 0 Å². The number of carbonyl (C=O) groups excluding carboxylic acids is 1. The summed E-state index contributed by atoms with van der Waals surface area (Å²) in [4.78, 5) is 20.4. The van der Waals surface area contributed by atoms with E-state index in [9.17, 15) is 4.79 Å². The molecule has 1 aromatic carbocycles. The van der Waals surface area contributed by atoms with Gasteiger partial charge in [0.05, 0.1) is 30.5 Å². The van der Waals surface area contributed by atoms with Gasteiger partial charge in [-0.05, 0) is 6.92 Å². The normalized spacial score (nSPS) is 10.4. The first-order chi connectivity index (χ1) is 13.0. The number of nitrogens with one attached hydrogen (secondary N) is 2. The fourth-order valence-electron chi connectivity index (χ4n) is 2.20. The van der Waals surface area contributed by atoms with E-state index in [4.69, 9.17) is 25.6 Å². The van der Waals surface area contributed by atoms with Crippen LogP contribution in [0, 0.1) is 6.92 Å². The molecule has 0 aliphatic heterocycles. The molecular formula is C17H16ClN5O4. The molecule has 3 aromatic rings. The summed E-state index contributed by atoms with van der Waals surface area (Å²) in [7, 11) is 3.03. The van der Waals surface area contributed by atoms with Gasteiger partial charge < -0.3 is 24.6 Å². The van der Waals surface area contributed by atoms with Gasteiger partial charge in [-0.1, -0.05) is 16.8 Å². The summed E-state index contributed by atoms with van der Waals surface area (Å²) < 4.78 is 15.4. The minimum Gasteiger partial charge on any atom is -0.495 e. The van der Waals surface area contributed by atoms with Crippen molar-refractivity contribution in [1.82, 2.24) is 15.1 Å². The number of aryl methyl sites for hydroxylation is 1. The molecule has 9 nitrogen and oxygen atoms in total. The number of ether oxygens (including phenoxy) is 2. The van der Waals surface area contributed by atoms with Crippen LogP contribution in [0.5, 0.6) is 11.5 Å². The maximum atomic E-state index is 12.2. The molecule has 0 saturated heterocycles. The lowest BCUT2D eigenvalue weighted by molar-refractivity contribution is 0.102. The summed E-state index contributed by atoms with van der Waals surface area (Å²) in [5.74, 6) is 1.74. The molecule has 0 fully saturated rings. The van der Waals surface area contributed by atoms with Gasteiger partial charge in [-0.25, -0.2) is 9.97 Å². The highest BCUT2D eigenvalue weighted by atomic mass is 35.5. The standard InChI is InChI=1S/C17H16ClN5O4/c1-9-4-15(23-27-9)22-16(24)10-7-19-17(20-8-10)21-12-6-13(25-2)11(18)5-14(12)26-3/h4-8H,1-3H3,(H,19,20,21)(H,22,23,24). The van der Waals surface area contributed by atoms with Gasteiger partial charge in [-0.3, -0.25) is 4.79 Å². The van der Waals surface area contributed by atoms with E-state index in [0.29, 0.717) is 33.8 Å². The van der Waals surface area contributed by atoms with Crippen molar-refractivity contribution in [2.24, 2.45) is 0 Å². The second kappa shape index (κ2) is 7.92. The van der Waals surface area contributed by atoms with Crippen molar-refractivity contribution < 1.29 is 18.8 Å². The number of amides is 1. The average Bonchev–Trinajstić information content (AvgIpc) is 3.08. The summed E-state index contributed by atoms with van der Waals surface area (Å²) in [5, 5.41) is 9.71. The zero-order valence-corrected chi connectivity index (χ0v) is 15.5.